The van der Waals surface area contributed by atoms with Crippen molar-refractivity contribution < 1.29 is 0 Å². The molecule has 2 rings (SSSR count). The Kier molecular flexibility index (Phi) is 3.12. The molecule has 0 bridgehead atoms. The number of nitrogens with one attached hydrogen (secondary N) is 1. The van der Waals surface area contributed by atoms with Gasteiger partial charge in [-0.1, -0.05) is 44.2 Å². The predicted molar refractivity (Wildman–Crippen MR) is 48.5 cm³/mol. The average molecular weight is 149 g/mol. The largest absolute Gasteiger partial charge is 0.307 e. The number of benzene rings is 1. The lowest BCUT2D eigenvalue weighted by molar-refractivity contribution is 1.08. The number of hydrogen-bond donors (Lipinski definition) is 1. The summed E-state index contributed by atoms with van der Waals surface area (Å²) < 4.78 is 0. The van der Waals surface area contributed by atoms with Gasteiger partial charge in [-0.05, 0) is 5.56 Å². The van der Waals surface area contributed by atoms with Crippen LogP contribution in [0.3, 0.4) is 0 Å². The summed E-state index contributed by atoms with van der Waals surface area (Å²) in [5.41, 5.74) is 1.41. The van der Waals surface area contributed by atoms with Gasteiger partial charge in [0.1, 0.15) is 0 Å². The van der Waals surface area contributed by atoms with E-state index in [4.69, 9.17) is 0 Å². The average Bonchev–Trinajstić information content (AvgIpc) is 2.92. The number of rotatable bonds is 1. The van der Waals surface area contributed by atoms with E-state index in [-0.39, 0.29) is 0 Å². The van der Waals surface area contributed by atoms with Crippen molar-refractivity contribution >= 4 is 0 Å². The molecule has 0 saturated carbocycles. The lowest BCUT2D eigenvalue weighted by Gasteiger charge is -1.91. The predicted octanol–water partition coefficient (Wildman–Crippen LogP) is 2.36. The van der Waals surface area contributed by atoms with Gasteiger partial charge in [0.2, 0.25) is 0 Å². The molecule has 1 fully saturated rings. The maximum absolute atomic E-state index is 3.25. The molecule has 0 spiro atoms. The van der Waals surface area contributed by atoms with Crippen LogP contribution in [0.1, 0.15) is 25.5 Å². The van der Waals surface area contributed by atoms with Crippen LogP contribution in [0.15, 0.2) is 30.3 Å². The molecule has 0 aromatic heterocycles. The van der Waals surface area contributed by atoms with Gasteiger partial charge in [0.25, 0.3) is 0 Å². The molecule has 1 heterocycles. The molecular formula is C10H15N. The first-order valence-electron chi connectivity index (χ1n) is 4.25. The molecule has 60 valence electrons. The normalized spacial score (nSPS) is 20.0. The van der Waals surface area contributed by atoms with Gasteiger partial charge in [-0.3, -0.25) is 0 Å². The number of hydrogen-bond acceptors (Lipinski definition) is 1. The lowest BCUT2D eigenvalue weighted by atomic mass is 10.2. The van der Waals surface area contributed by atoms with Crippen molar-refractivity contribution in [1.29, 1.82) is 0 Å². The van der Waals surface area contributed by atoms with Crippen molar-refractivity contribution in [2.45, 2.75) is 19.9 Å². The SMILES string of the molecule is CC.c1ccc([C@H]2CN2)cc1. The van der Waals surface area contributed by atoms with E-state index in [1.165, 1.54) is 5.56 Å². The minimum absolute atomic E-state index is 0.659. The highest BCUT2D eigenvalue weighted by Crippen LogP contribution is 2.19. The van der Waals surface area contributed by atoms with Gasteiger partial charge in [-0.15, -0.1) is 0 Å². The zero-order chi connectivity index (χ0) is 8.10. The Labute approximate surface area is 68.4 Å². The summed E-state index contributed by atoms with van der Waals surface area (Å²) in [5, 5.41) is 3.25. The monoisotopic (exact) mass is 149 g/mol. The third-order valence-corrected chi connectivity index (χ3v) is 1.61. The van der Waals surface area contributed by atoms with E-state index in [1.54, 1.807) is 0 Å². The third kappa shape index (κ3) is 2.35. The maximum atomic E-state index is 3.25. The first-order chi connectivity index (χ1) is 5.47. The minimum atomic E-state index is 0.659. The van der Waals surface area contributed by atoms with Crippen LogP contribution >= 0.6 is 0 Å². The Hall–Kier alpha value is -0.820. The molecule has 11 heavy (non-hydrogen) atoms. The van der Waals surface area contributed by atoms with Crippen molar-refractivity contribution in [1.82, 2.24) is 5.32 Å². The molecule has 1 aliphatic rings. The van der Waals surface area contributed by atoms with E-state index in [9.17, 15) is 0 Å². The molecule has 1 heteroatoms. The van der Waals surface area contributed by atoms with Crippen LogP contribution in [0.4, 0.5) is 0 Å². The van der Waals surface area contributed by atoms with Gasteiger partial charge >= 0.3 is 0 Å². The Morgan fingerprint density at radius 2 is 1.73 bits per heavy atom. The molecule has 0 radical (unpaired) electrons. The smallest absolute Gasteiger partial charge is 0.0447 e. The fraction of sp³-hybridized carbons (Fsp3) is 0.400. The van der Waals surface area contributed by atoms with Crippen LogP contribution in [0.5, 0.6) is 0 Å². The van der Waals surface area contributed by atoms with Crippen LogP contribution in [0, 0.1) is 0 Å². The maximum Gasteiger partial charge on any atom is 0.0447 e. The molecule has 1 atom stereocenters. The van der Waals surface area contributed by atoms with Crippen molar-refractivity contribution in [3.63, 3.8) is 0 Å². The summed E-state index contributed by atoms with van der Waals surface area (Å²) in [4.78, 5) is 0. The first-order valence-corrected chi connectivity index (χ1v) is 4.25. The van der Waals surface area contributed by atoms with Gasteiger partial charge in [0, 0.05) is 12.6 Å². The Balaban J connectivity index is 0.000000281. The van der Waals surface area contributed by atoms with Crippen LogP contribution in [-0.2, 0) is 0 Å². The summed E-state index contributed by atoms with van der Waals surface area (Å²) in [6, 6.07) is 11.2. The zero-order valence-electron chi connectivity index (χ0n) is 7.17. The molecular weight excluding hydrogens is 134 g/mol. The quantitative estimate of drug-likeness (QED) is 0.608. The van der Waals surface area contributed by atoms with Crippen molar-refractivity contribution in [3.05, 3.63) is 35.9 Å². The summed E-state index contributed by atoms with van der Waals surface area (Å²) in [6.07, 6.45) is 0. The standard InChI is InChI=1S/C8H9N.C2H6/c1-2-4-7(5-3-1)8-6-9-8;1-2/h1-5,8-9H,6H2;1-2H3/t8-;/m1./s1. The summed E-state index contributed by atoms with van der Waals surface area (Å²) in [7, 11) is 0. The molecule has 1 aromatic rings. The Bertz CT molecular complexity index is 189. The molecule has 1 N–H and O–H groups in total. The molecule has 1 aromatic carbocycles. The van der Waals surface area contributed by atoms with E-state index in [0.717, 1.165) is 6.54 Å². The lowest BCUT2D eigenvalue weighted by Crippen LogP contribution is -1.80. The Morgan fingerprint density at radius 3 is 2.18 bits per heavy atom. The van der Waals surface area contributed by atoms with E-state index < -0.39 is 0 Å². The highest BCUT2D eigenvalue weighted by molar-refractivity contribution is 5.22. The highest BCUT2D eigenvalue weighted by atomic mass is 15.1. The van der Waals surface area contributed by atoms with Crippen LogP contribution < -0.4 is 5.32 Å². The molecule has 1 saturated heterocycles. The fourth-order valence-corrected chi connectivity index (χ4v) is 0.980. The topological polar surface area (TPSA) is 21.9 Å². The first kappa shape index (κ1) is 8.28. The summed E-state index contributed by atoms with van der Waals surface area (Å²) in [6.45, 7) is 5.16. The zero-order valence-corrected chi connectivity index (χ0v) is 7.17. The van der Waals surface area contributed by atoms with Gasteiger partial charge in [-0.25, -0.2) is 0 Å². The van der Waals surface area contributed by atoms with Crippen LogP contribution in [0.25, 0.3) is 0 Å². The summed E-state index contributed by atoms with van der Waals surface area (Å²) in [5.74, 6) is 0. The van der Waals surface area contributed by atoms with E-state index in [1.807, 2.05) is 19.9 Å². The molecule has 0 unspecified atom stereocenters. The van der Waals surface area contributed by atoms with Crippen molar-refractivity contribution in [2.75, 3.05) is 6.54 Å². The van der Waals surface area contributed by atoms with Crippen molar-refractivity contribution in [2.24, 2.45) is 0 Å². The van der Waals surface area contributed by atoms with Gasteiger partial charge < -0.3 is 5.32 Å². The molecule has 1 nitrogen and oxygen atoms in total. The molecule has 0 aliphatic carbocycles. The second-order valence-electron chi connectivity index (χ2n) is 2.37. The summed E-state index contributed by atoms with van der Waals surface area (Å²) >= 11 is 0. The van der Waals surface area contributed by atoms with E-state index in [0.29, 0.717) is 6.04 Å². The third-order valence-electron chi connectivity index (χ3n) is 1.61. The van der Waals surface area contributed by atoms with Gasteiger partial charge in [0.15, 0.2) is 0 Å². The second-order valence-corrected chi connectivity index (χ2v) is 2.37. The van der Waals surface area contributed by atoms with Gasteiger partial charge in [0.05, 0.1) is 0 Å². The minimum Gasteiger partial charge on any atom is -0.307 e. The molecule has 1 aliphatic heterocycles. The van der Waals surface area contributed by atoms with E-state index >= 15 is 0 Å². The van der Waals surface area contributed by atoms with Crippen LogP contribution in [0.2, 0.25) is 0 Å². The van der Waals surface area contributed by atoms with Crippen molar-refractivity contribution in [3.8, 4) is 0 Å². The molecule has 0 amide bonds. The van der Waals surface area contributed by atoms with Gasteiger partial charge in [-0.2, -0.15) is 0 Å². The van der Waals surface area contributed by atoms with E-state index in [2.05, 4.69) is 29.6 Å². The Morgan fingerprint density at radius 1 is 1.18 bits per heavy atom. The fourth-order valence-electron chi connectivity index (χ4n) is 0.980. The van der Waals surface area contributed by atoms with Crippen LogP contribution in [-0.4, -0.2) is 6.54 Å². The second kappa shape index (κ2) is 4.14. The highest BCUT2D eigenvalue weighted by Gasteiger charge is 2.20.